The highest BCUT2D eigenvalue weighted by atomic mass is 16.4. The second-order valence-electron chi connectivity index (χ2n) is 3.72. The molecular weight excluding hydrogens is 360 g/mol. The molecule has 0 fully saturated rings. The molecule has 0 aromatic carbocycles. The van der Waals surface area contributed by atoms with Crippen LogP contribution in [0.25, 0.3) is 0 Å². The molecule has 0 aromatic rings. The molecule has 0 saturated carbocycles. The van der Waals surface area contributed by atoms with Crippen LogP contribution in [0.5, 0.6) is 0 Å². The quantitative estimate of drug-likeness (QED) is 0.122. The highest BCUT2D eigenvalue weighted by molar-refractivity contribution is 5.83. The normalized spacial score (nSPS) is 10.7. The van der Waals surface area contributed by atoms with E-state index in [0.29, 0.717) is 0 Å². The first-order valence-electron chi connectivity index (χ1n) is 5.94. The monoisotopic (exact) mass is 382 g/mol. The predicted molar refractivity (Wildman–Crippen MR) is 87.5 cm³/mol. The number of nitrogens with two attached hydrogens (primary N) is 4. The molecule has 0 bridgehead atoms. The molecule has 18 nitrogen and oxygen atoms in total. The van der Waals surface area contributed by atoms with Gasteiger partial charge in [0.15, 0.2) is 12.2 Å². The van der Waals surface area contributed by atoms with Gasteiger partial charge < -0.3 is 43.4 Å². The maximum atomic E-state index is 9.77. The Hall–Kier alpha value is -4.06. The van der Waals surface area contributed by atoms with Crippen LogP contribution in [0.15, 0.2) is 0 Å². The average molecular weight is 382 g/mol. The molecule has 20 N–H and O–H groups in total. The van der Waals surface area contributed by atoms with Crippen LogP contribution in [0, 0.1) is 21.6 Å². The number of aliphatic hydroxyl groups is 2. The van der Waals surface area contributed by atoms with Gasteiger partial charge in [-0.15, -0.1) is 0 Å². The van der Waals surface area contributed by atoms with E-state index in [0.717, 1.165) is 0 Å². The largest absolute Gasteiger partial charge is 0.479 e. The molecule has 26 heavy (non-hydrogen) atoms. The number of carbonyl (C=O) groups is 2. The van der Waals surface area contributed by atoms with Crippen molar-refractivity contribution in [2.75, 3.05) is 0 Å². The van der Waals surface area contributed by atoms with Crippen molar-refractivity contribution in [1.29, 1.82) is 21.6 Å². The summed E-state index contributed by atoms with van der Waals surface area (Å²) in [6.45, 7) is 0. The van der Waals surface area contributed by atoms with Crippen molar-refractivity contribution in [2.24, 2.45) is 22.9 Å². The van der Waals surface area contributed by atoms with E-state index in [1.54, 1.807) is 0 Å². The third kappa shape index (κ3) is 22.2. The Labute approximate surface area is 145 Å². The van der Waals surface area contributed by atoms with Crippen molar-refractivity contribution in [3.8, 4) is 0 Å². The van der Waals surface area contributed by atoms with Gasteiger partial charge in [0, 0.05) is 0 Å². The number of rotatable bonds is 3. The smallest absolute Gasteiger partial charge is 0.335 e. The van der Waals surface area contributed by atoms with Crippen molar-refractivity contribution < 1.29 is 30.0 Å². The first-order chi connectivity index (χ1) is 11.7. The summed E-state index contributed by atoms with van der Waals surface area (Å²) < 4.78 is 0. The van der Waals surface area contributed by atoms with E-state index in [2.05, 4.69) is 21.7 Å². The van der Waals surface area contributed by atoms with Gasteiger partial charge in [-0.1, -0.05) is 0 Å². The second-order valence-corrected chi connectivity index (χ2v) is 3.72. The lowest BCUT2D eigenvalue weighted by molar-refractivity contribution is -0.165. The summed E-state index contributed by atoms with van der Waals surface area (Å²) in [5.41, 5.74) is 27.6. The number of hydrogen-bond donors (Lipinski definition) is 16. The van der Waals surface area contributed by atoms with Gasteiger partial charge in [0.25, 0.3) is 0 Å². The molecule has 0 saturated heterocycles. The summed E-state index contributed by atoms with van der Waals surface area (Å²) in [6, 6.07) is 0. The maximum Gasteiger partial charge on any atom is 0.335 e. The van der Waals surface area contributed by atoms with Gasteiger partial charge in [-0.05, 0) is 0 Å². The minimum atomic E-state index is -2.27. The van der Waals surface area contributed by atoms with Crippen molar-refractivity contribution in [3.05, 3.63) is 0 Å². The average Bonchev–Trinajstić information content (AvgIpc) is 2.50. The Kier molecular flexibility index (Phi) is 15.0. The van der Waals surface area contributed by atoms with Crippen molar-refractivity contribution >= 4 is 35.8 Å². The third-order valence-electron chi connectivity index (χ3n) is 1.47. The van der Waals surface area contributed by atoms with Gasteiger partial charge in [0.2, 0.25) is 23.8 Å². The Balaban J connectivity index is -0.000000308. The number of nitrogens with one attached hydrogen (secondary N) is 8. The molecule has 0 heterocycles. The predicted octanol–water partition coefficient (Wildman–Crippen LogP) is -6.39. The molecular formula is C8H22N12O6. The first kappa shape index (κ1) is 26.8. The van der Waals surface area contributed by atoms with Crippen molar-refractivity contribution in [2.45, 2.75) is 12.2 Å². The summed E-state index contributed by atoms with van der Waals surface area (Å²) in [5.74, 6) is -4.65. The van der Waals surface area contributed by atoms with Crippen LogP contribution in [-0.4, -0.2) is 68.4 Å². The fourth-order valence-electron chi connectivity index (χ4n) is 0.539. The van der Waals surface area contributed by atoms with E-state index in [-0.39, 0.29) is 23.8 Å². The molecule has 150 valence electrons. The number of aliphatic carboxylic acids is 2. The minimum absolute atomic E-state index is 0.278. The molecule has 0 aliphatic rings. The van der Waals surface area contributed by atoms with Crippen LogP contribution in [0.4, 0.5) is 0 Å². The zero-order valence-electron chi connectivity index (χ0n) is 13.1. The van der Waals surface area contributed by atoms with Gasteiger partial charge in [-0.2, -0.15) is 0 Å². The van der Waals surface area contributed by atoms with Crippen molar-refractivity contribution in [3.63, 3.8) is 0 Å². The molecule has 0 aromatic heterocycles. The molecule has 0 spiro atoms. The molecule has 0 aliphatic heterocycles. The first-order valence-corrected chi connectivity index (χ1v) is 5.94. The van der Waals surface area contributed by atoms with Crippen LogP contribution in [-0.2, 0) is 9.59 Å². The number of carboxylic acids is 2. The number of hydrogen-bond acceptors (Lipinski definition) is 8. The highest BCUT2D eigenvalue weighted by Crippen LogP contribution is 1.92. The molecule has 0 radical (unpaired) electrons. The lowest BCUT2D eigenvalue weighted by Crippen LogP contribution is -2.47. The van der Waals surface area contributed by atoms with E-state index in [1.807, 2.05) is 0 Å². The molecule has 2 unspecified atom stereocenters. The van der Waals surface area contributed by atoms with Crippen LogP contribution in [0.2, 0.25) is 0 Å². The van der Waals surface area contributed by atoms with E-state index in [4.69, 9.17) is 65.0 Å². The molecule has 0 amide bonds. The summed E-state index contributed by atoms with van der Waals surface area (Å²) in [6.07, 6.45) is -4.53. The zero-order chi connectivity index (χ0) is 21.4. The highest BCUT2D eigenvalue weighted by Gasteiger charge is 2.29. The van der Waals surface area contributed by atoms with Gasteiger partial charge >= 0.3 is 11.9 Å². The second kappa shape index (κ2) is 14.5. The Bertz CT molecular complexity index is 450. The SMILES string of the molecule is N=C(N)NNC(=N)N.N=C(N)NNC(=N)N.O=C(O)C(O)C(O)C(=O)O. The number of guanidine groups is 4. The van der Waals surface area contributed by atoms with E-state index >= 15 is 0 Å². The van der Waals surface area contributed by atoms with Gasteiger partial charge in [-0.25, -0.2) is 9.59 Å². The molecule has 0 aliphatic carbocycles. The fourth-order valence-corrected chi connectivity index (χ4v) is 0.539. The summed E-state index contributed by atoms with van der Waals surface area (Å²) in [5, 5.41) is 58.7. The minimum Gasteiger partial charge on any atom is -0.479 e. The Morgan fingerprint density at radius 3 is 0.846 bits per heavy atom. The lowest BCUT2D eigenvalue weighted by Gasteiger charge is -2.07. The lowest BCUT2D eigenvalue weighted by atomic mass is 10.2. The Morgan fingerprint density at radius 2 is 0.769 bits per heavy atom. The molecule has 0 rings (SSSR count). The van der Waals surface area contributed by atoms with E-state index in [1.165, 1.54) is 0 Å². The van der Waals surface area contributed by atoms with Crippen LogP contribution in [0.3, 0.4) is 0 Å². The van der Waals surface area contributed by atoms with Crippen LogP contribution >= 0.6 is 0 Å². The van der Waals surface area contributed by atoms with Gasteiger partial charge in [0.1, 0.15) is 0 Å². The topological polar surface area (TPSA) is 363 Å². The number of aliphatic hydroxyl groups excluding tert-OH is 2. The van der Waals surface area contributed by atoms with Crippen LogP contribution < -0.4 is 44.6 Å². The summed E-state index contributed by atoms with van der Waals surface area (Å²) >= 11 is 0. The summed E-state index contributed by atoms with van der Waals surface area (Å²) in [4.78, 5) is 19.5. The summed E-state index contributed by atoms with van der Waals surface area (Å²) in [7, 11) is 0. The number of carboxylic acid groups (broad SMARTS) is 2. The van der Waals surface area contributed by atoms with E-state index in [9.17, 15) is 9.59 Å². The van der Waals surface area contributed by atoms with E-state index < -0.39 is 24.1 Å². The Morgan fingerprint density at radius 1 is 0.615 bits per heavy atom. The van der Waals surface area contributed by atoms with Gasteiger partial charge in [0.05, 0.1) is 0 Å². The fraction of sp³-hybridized carbons (Fsp3) is 0.250. The zero-order valence-corrected chi connectivity index (χ0v) is 13.1. The standard InChI is InChI=1S/C4H6O6.2C2H8N6/c5-1(3(7)8)2(6)4(9)10;2*3-1(4)7-8-2(5)6/h1-2,5-6H,(H,7,8)(H,9,10);2*(H4,3,4,7)(H4,5,6,8). The van der Waals surface area contributed by atoms with Crippen LogP contribution in [0.1, 0.15) is 0 Å². The maximum absolute atomic E-state index is 9.77. The third-order valence-corrected chi connectivity index (χ3v) is 1.47. The molecule has 2 atom stereocenters. The molecule has 18 heteroatoms. The number of hydrazine groups is 2. The van der Waals surface area contributed by atoms with Crippen molar-refractivity contribution in [1.82, 2.24) is 21.7 Å². The van der Waals surface area contributed by atoms with Gasteiger partial charge in [-0.3, -0.25) is 43.3 Å².